The number of fused-ring (bicyclic) bond motifs is 1. The SMILES string of the molecule is Cc1nn(CCO)c(C)c1-c1nc2c(C)cccc2[nH]1. The van der Waals surface area contributed by atoms with Gasteiger partial charge in [0.05, 0.1) is 35.4 Å². The van der Waals surface area contributed by atoms with E-state index >= 15 is 0 Å². The van der Waals surface area contributed by atoms with Gasteiger partial charge in [0.1, 0.15) is 5.82 Å². The van der Waals surface area contributed by atoms with Crippen molar-refractivity contribution >= 4 is 11.0 Å². The van der Waals surface area contributed by atoms with Crippen molar-refractivity contribution in [2.75, 3.05) is 6.61 Å². The molecule has 3 rings (SSSR count). The zero-order valence-corrected chi connectivity index (χ0v) is 11.9. The van der Waals surface area contributed by atoms with Gasteiger partial charge in [-0.15, -0.1) is 0 Å². The van der Waals surface area contributed by atoms with Gasteiger partial charge in [0, 0.05) is 5.69 Å². The molecule has 0 aliphatic carbocycles. The fourth-order valence-electron chi connectivity index (χ4n) is 2.65. The molecule has 0 amide bonds. The van der Waals surface area contributed by atoms with Gasteiger partial charge in [0.15, 0.2) is 0 Å². The molecular weight excluding hydrogens is 252 g/mol. The molecule has 0 bridgehead atoms. The van der Waals surface area contributed by atoms with Crippen LogP contribution in [0.2, 0.25) is 0 Å². The summed E-state index contributed by atoms with van der Waals surface area (Å²) >= 11 is 0. The number of aliphatic hydroxyl groups is 1. The Labute approximate surface area is 117 Å². The Bertz CT molecular complexity index is 770. The van der Waals surface area contributed by atoms with E-state index in [0.717, 1.165) is 39.4 Å². The van der Waals surface area contributed by atoms with Crippen molar-refractivity contribution in [3.63, 3.8) is 0 Å². The van der Waals surface area contributed by atoms with E-state index in [-0.39, 0.29) is 6.61 Å². The van der Waals surface area contributed by atoms with Gasteiger partial charge in [-0.2, -0.15) is 5.10 Å². The number of imidazole rings is 1. The number of nitrogens with one attached hydrogen (secondary N) is 1. The monoisotopic (exact) mass is 270 g/mol. The fourth-order valence-corrected chi connectivity index (χ4v) is 2.65. The highest BCUT2D eigenvalue weighted by atomic mass is 16.3. The summed E-state index contributed by atoms with van der Waals surface area (Å²) in [5.41, 5.74) is 6.16. The highest BCUT2D eigenvalue weighted by molar-refractivity contribution is 5.82. The van der Waals surface area contributed by atoms with Crippen LogP contribution >= 0.6 is 0 Å². The largest absolute Gasteiger partial charge is 0.394 e. The summed E-state index contributed by atoms with van der Waals surface area (Å²) in [7, 11) is 0. The van der Waals surface area contributed by atoms with Crippen molar-refractivity contribution in [2.45, 2.75) is 27.3 Å². The summed E-state index contributed by atoms with van der Waals surface area (Å²) in [6.07, 6.45) is 0. The molecule has 20 heavy (non-hydrogen) atoms. The van der Waals surface area contributed by atoms with Crippen molar-refractivity contribution in [3.05, 3.63) is 35.2 Å². The molecule has 0 spiro atoms. The zero-order valence-electron chi connectivity index (χ0n) is 11.9. The van der Waals surface area contributed by atoms with E-state index in [4.69, 9.17) is 10.1 Å². The summed E-state index contributed by atoms with van der Waals surface area (Å²) in [4.78, 5) is 8.07. The molecule has 0 aliphatic heterocycles. The number of H-pyrrole nitrogens is 1. The number of hydrogen-bond donors (Lipinski definition) is 2. The molecule has 3 aromatic rings. The number of nitrogens with zero attached hydrogens (tertiary/aromatic N) is 3. The van der Waals surface area contributed by atoms with Crippen LogP contribution in [0, 0.1) is 20.8 Å². The summed E-state index contributed by atoms with van der Waals surface area (Å²) in [6, 6.07) is 6.11. The molecule has 5 nitrogen and oxygen atoms in total. The Morgan fingerprint density at radius 2 is 2.05 bits per heavy atom. The predicted molar refractivity (Wildman–Crippen MR) is 78.6 cm³/mol. The van der Waals surface area contributed by atoms with Gasteiger partial charge >= 0.3 is 0 Å². The van der Waals surface area contributed by atoms with Crippen LogP contribution in [0.3, 0.4) is 0 Å². The second-order valence-electron chi connectivity index (χ2n) is 5.05. The van der Waals surface area contributed by atoms with E-state index in [9.17, 15) is 0 Å². The average Bonchev–Trinajstić information content (AvgIpc) is 2.93. The third kappa shape index (κ3) is 1.91. The third-order valence-corrected chi connectivity index (χ3v) is 3.64. The normalized spacial score (nSPS) is 11.4. The summed E-state index contributed by atoms with van der Waals surface area (Å²) in [6.45, 7) is 6.62. The lowest BCUT2D eigenvalue weighted by Crippen LogP contribution is -2.05. The Balaban J connectivity index is 2.18. The molecule has 0 unspecified atom stereocenters. The lowest BCUT2D eigenvalue weighted by atomic mass is 10.2. The molecule has 104 valence electrons. The number of aromatic amines is 1. The molecule has 0 saturated heterocycles. The van der Waals surface area contributed by atoms with Crippen LogP contribution in [0.1, 0.15) is 17.0 Å². The first-order valence-electron chi connectivity index (χ1n) is 6.72. The second-order valence-corrected chi connectivity index (χ2v) is 5.05. The van der Waals surface area contributed by atoms with Crippen molar-refractivity contribution in [1.82, 2.24) is 19.7 Å². The summed E-state index contributed by atoms with van der Waals surface area (Å²) in [5.74, 6) is 0.841. The molecule has 2 heterocycles. The van der Waals surface area contributed by atoms with Crippen LogP contribution < -0.4 is 0 Å². The lowest BCUT2D eigenvalue weighted by Gasteiger charge is -2.01. The predicted octanol–water partition coefficient (Wildman–Crippen LogP) is 2.34. The van der Waals surface area contributed by atoms with Gasteiger partial charge in [0.25, 0.3) is 0 Å². The maximum Gasteiger partial charge on any atom is 0.142 e. The topological polar surface area (TPSA) is 66.7 Å². The molecule has 0 atom stereocenters. The first-order chi connectivity index (χ1) is 9.61. The number of hydrogen-bond acceptors (Lipinski definition) is 3. The van der Waals surface area contributed by atoms with E-state index in [2.05, 4.69) is 23.1 Å². The van der Waals surface area contributed by atoms with Crippen LogP contribution in [0.15, 0.2) is 18.2 Å². The molecule has 0 saturated carbocycles. The van der Waals surface area contributed by atoms with Crippen molar-refractivity contribution in [3.8, 4) is 11.4 Å². The summed E-state index contributed by atoms with van der Waals surface area (Å²) in [5, 5.41) is 13.5. The van der Waals surface area contributed by atoms with Crippen molar-refractivity contribution < 1.29 is 5.11 Å². The van der Waals surface area contributed by atoms with Crippen LogP contribution in [0.4, 0.5) is 0 Å². The molecule has 5 heteroatoms. The van der Waals surface area contributed by atoms with E-state index < -0.39 is 0 Å². The van der Waals surface area contributed by atoms with Crippen LogP contribution in [-0.2, 0) is 6.54 Å². The number of aryl methyl sites for hydroxylation is 2. The summed E-state index contributed by atoms with van der Waals surface area (Å²) < 4.78 is 1.82. The Hall–Kier alpha value is -2.14. The standard InChI is InChI=1S/C15H18N4O/c1-9-5-4-6-12-14(9)17-15(16-12)13-10(2)18-19(7-8-20)11(13)3/h4-6,20H,7-8H2,1-3H3,(H,16,17). The minimum absolute atomic E-state index is 0.0840. The quantitative estimate of drug-likeness (QED) is 0.767. The molecule has 0 fully saturated rings. The van der Waals surface area contributed by atoms with Crippen LogP contribution in [-0.4, -0.2) is 31.5 Å². The molecular formula is C15H18N4O. The minimum atomic E-state index is 0.0840. The van der Waals surface area contributed by atoms with Crippen molar-refractivity contribution in [2.24, 2.45) is 0 Å². The van der Waals surface area contributed by atoms with E-state index in [1.165, 1.54) is 0 Å². The number of aliphatic hydroxyl groups excluding tert-OH is 1. The number of benzene rings is 1. The van der Waals surface area contributed by atoms with Gasteiger partial charge in [0.2, 0.25) is 0 Å². The van der Waals surface area contributed by atoms with E-state index in [1.807, 2.05) is 30.7 Å². The Kier molecular flexibility index (Phi) is 3.06. The maximum absolute atomic E-state index is 9.08. The maximum atomic E-state index is 9.08. The second kappa shape index (κ2) is 4.76. The number of para-hydroxylation sites is 1. The van der Waals surface area contributed by atoms with E-state index in [1.54, 1.807) is 0 Å². The fraction of sp³-hybridized carbons (Fsp3) is 0.333. The zero-order chi connectivity index (χ0) is 14.3. The Morgan fingerprint density at radius 1 is 1.25 bits per heavy atom. The van der Waals surface area contributed by atoms with Crippen LogP contribution in [0.25, 0.3) is 22.4 Å². The molecule has 2 N–H and O–H groups in total. The first-order valence-corrected chi connectivity index (χ1v) is 6.72. The van der Waals surface area contributed by atoms with Gasteiger partial charge in [-0.1, -0.05) is 12.1 Å². The van der Waals surface area contributed by atoms with Crippen LogP contribution in [0.5, 0.6) is 0 Å². The smallest absolute Gasteiger partial charge is 0.142 e. The number of rotatable bonds is 3. The molecule has 2 aromatic heterocycles. The highest BCUT2D eigenvalue weighted by Crippen LogP contribution is 2.27. The minimum Gasteiger partial charge on any atom is -0.394 e. The van der Waals surface area contributed by atoms with Gasteiger partial charge in [-0.05, 0) is 32.4 Å². The Morgan fingerprint density at radius 3 is 2.75 bits per heavy atom. The molecule has 1 aromatic carbocycles. The van der Waals surface area contributed by atoms with E-state index in [0.29, 0.717) is 6.54 Å². The average molecular weight is 270 g/mol. The molecule has 0 aliphatic rings. The third-order valence-electron chi connectivity index (χ3n) is 3.64. The highest BCUT2D eigenvalue weighted by Gasteiger charge is 2.16. The number of aromatic nitrogens is 4. The van der Waals surface area contributed by atoms with Gasteiger partial charge < -0.3 is 10.1 Å². The molecule has 0 radical (unpaired) electrons. The van der Waals surface area contributed by atoms with Gasteiger partial charge in [-0.25, -0.2) is 4.98 Å². The lowest BCUT2D eigenvalue weighted by molar-refractivity contribution is 0.268. The first kappa shape index (κ1) is 12.9. The van der Waals surface area contributed by atoms with Gasteiger partial charge in [-0.3, -0.25) is 4.68 Å². The van der Waals surface area contributed by atoms with Crippen molar-refractivity contribution in [1.29, 1.82) is 0 Å².